The molecule has 0 N–H and O–H groups in total. The van der Waals surface area contributed by atoms with Gasteiger partial charge in [-0.15, -0.1) is 0 Å². The second-order valence-electron chi connectivity index (χ2n) is 4.71. The van der Waals surface area contributed by atoms with Crippen LogP contribution in [-0.4, -0.2) is 55.7 Å². The maximum absolute atomic E-state index is 11.6. The number of methoxy groups -OCH3 is 1. The summed E-state index contributed by atoms with van der Waals surface area (Å²) in [6.07, 6.45) is 1.87. The van der Waals surface area contributed by atoms with Crippen LogP contribution in [0.15, 0.2) is 30.3 Å². The van der Waals surface area contributed by atoms with Crippen LogP contribution in [0.5, 0.6) is 0 Å². The number of hydrogen-bond donors (Lipinski definition) is 0. The van der Waals surface area contributed by atoms with Gasteiger partial charge in [0.2, 0.25) is 0 Å². The minimum absolute atomic E-state index is 0.139. The van der Waals surface area contributed by atoms with Crippen LogP contribution in [0.4, 0.5) is 4.79 Å². The Morgan fingerprint density at radius 1 is 1.25 bits per heavy atom. The lowest BCUT2D eigenvalue weighted by molar-refractivity contribution is -0.146. The largest absolute Gasteiger partial charge is 0.465 e. The van der Waals surface area contributed by atoms with Crippen molar-refractivity contribution in [1.82, 2.24) is 4.90 Å². The van der Waals surface area contributed by atoms with E-state index in [2.05, 4.69) is 9.47 Å². The number of nitrogens with zero attached hydrogens (tertiary/aromatic N) is 1. The smallest absolute Gasteiger partial charge is 0.416 e. The topological polar surface area (TPSA) is 99.2 Å². The number of carbonyl (C=O) groups is 4. The predicted octanol–water partition coefficient (Wildman–Crippen LogP) is 1.01. The standard InChI is InChI=1S/C16H15NO7/c1-22-15(20)12-5-2-11(3-6-12)4-7-14(19)24-10-13(18)17-8-9-23-16(17)21/h2-7H,8-10H2,1H3/b7-4+. The fourth-order valence-electron chi connectivity index (χ4n) is 1.89. The van der Waals surface area contributed by atoms with Gasteiger partial charge in [-0.05, 0) is 23.8 Å². The van der Waals surface area contributed by atoms with Gasteiger partial charge in [0.1, 0.15) is 6.61 Å². The van der Waals surface area contributed by atoms with Crippen LogP contribution in [0.25, 0.3) is 6.08 Å². The first-order valence-corrected chi connectivity index (χ1v) is 7.01. The first kappa shape index (κ1) is 17.2. The van der Waals surface area contributed by atoms with E-state index in [1.807, 2.05) is 0 Å². The van der Waals surface area contributed by atoms with Crippen molar-refractivity contribution < 1.29 is 33.4 Å². The van der Waals surface area contributed by atoms with Crippen molar-refractivity contribution in [3.05, 3.63) is 41.5 Å². The molecule has 126 valence electrons. The third kappa shape index (κ3) is 4.42. The zero-order valence-electron chi connectivity index (χ0n) is 12.9. The van der Waals surface area contributed by atoms with Crippen LogP contribution >= 0.6 is 0 Å². The van der Waals surface area contributed by atoms with Crippen LogP contribution in [0, 0.1) is 0 Å². The lowest BCUT2D eigenvalue weighted by atomic mass is 10.1. The third-order valence-corrected chi connectivity index (χ3v) is 3.14. The SMILES string of the molecule is COC(=O)c1ccc(/C=C/C(=O)OCC(=O)N2CCOC2=O)cc1. The second kappa shape index (κ2) is 7.91. The Kier molecular flexibility index (Phi) is 5.67. The fraction of sp³-hybridized carbons (Fsp3) is 0.250. The maximum atomic E-state index is 11.6. The van der Waals surface area contributed by atoms with E-state index in [1.165, 1.54) is 13.2 Å². The summed E-state index contributed by atoms with van der Waals surface area (Å²) in [7, 11) is 1.29. The normalized spacial score (nSPS) is 13.7. The summed E-state index contributed by atoms with van der Waals surface area (Å²) in [5.41, 5.74) is 1.05. The summed E-state index contributed by atoms with van der Waals surface area (Å²) < 4.78 is 14.0. The van der Waals surface area contributed by atoms with E-state index in [-0.39, 0.29) is 13.2 Å². The fourth-order valence-corrected chi connectivity index (χ4v) is 1.89. The van der Waals surface area contributed by atoms with E-state index in [0.29, 0.717) is 11.1 Å². The van der Waals surface area contributed by atoms with Crippen molar-refractivity contribution in [2.75, 3.05) is 26.9 Å². The minimum Gasteiger partial charge on any atom is -0.465 e. The third-order valence-electron chi connectivity index (χ3n) is 3.14. The van der Waals surface area contributed by atoms with Crippen LogP contribution in [0.3, 0.4) is 0 Å². The van der Waals surface area contributed by atoms with Crippen molar-refractivity contribution in [2.24, 2.45) is 0 Å². The van der Waals surface area contributed by atoms with Crippen LogP contribution in [-0.2, 0) is 23.8 Å². The molecule has 1 aliphatic heterocycles. The number of esters is 2. The number of ether oxygens (including phenoxy) is 3. The minimum atomic E-state index is -0.739. The maximum Gasteiger partial charge on any atom is 0.416 e. The molecule has 8 heteroatoms. The van der Waals surface area contributed by atoms with Gasteiger partial charge in [-0.1, -0.05) is 12.1 Å². The van der Waals surface area contributed by atoms with Gasteiger partial charge in [0.25, 0.3) is 5.91 Å². The molecular formula is C16H15NO7. The van der Waals surface area contributed by atoms with E-state index in [9.17, 15) is 19.2 Å². The second-order valence-corrected chi connectivity index (χ2v) is 4.71. The molecule has 0 aromatic heterocycles. The average Bonchev–Trinajstić information content (AvgIpc) is 3.03. The molecule has 0 spiro atoms. The highest BCUT2D eigenvalue weighted by Gasteiger charge is 2.28. The summed E-state index contributed by atoms with van der Waals surface area (Å²) >= 11 is 0. The van der Waals surface area contributed by atoms with Gasteiger partial charge in [0.05, 0.1) is 19.2 Å². The molecular weight excluding hydrogens is 318 g/mol. The van der Waals surface area contributed by atoms with Crippen molar-refractivity contribution in [3.8, 4) is 0 Å². The highest BCUT2D eigenvalue weighted by Crippen LogP contribution is 2.08. The zero-order chi connectivity index (χ0) is 17.5. The molecule has 1 aromatic rings. The Balaban J connectivity index is 1.83. The van der Waals surface area contributed by atoms with E-state index in [0.717, 1.165) is 11.0 Å². The number of rotatable bonds is 5. The summed E-state index contributed by atoms with van der Waals surface area (Å²) in [4.78, 5) is 46.5. The van der Waals surface area contributed by atoms with E-state index in [4.69, 9.17) is 4.74 Å². The van der Waals surface area contributed by atoms with Gasteiger partial charge in [-0.2, -0.15) is 0 Å². The van der Waals surface area contributed by atoms with Crippen LogP contribution < -0.4 is 0 Å². The Morgan fingerprint density at radius 3 is 2.54 bits per heavy atom. The number of imide groups is 1. The number of hydrogen-bond acceptors (Lipinski definition) is 7. The van der Waals surface area contributed by atoms with E-state index >= 15 is 0 Å². The molecule has 0 saturated carbocycles. The highest BCUT2D eigenvalue weighted by molar-refractivity contribution is 5.95. The first-order chi connectivity index (χ1) is 11.5. The van der Waals surface area contributed by atoms with Gasteiger partial charge in [-0.3, -0.25) is 4.79 Å². The summed E-state index contributed by atoms with van der Waals surface area (Å²) in [6.45, 7) is -0.253. The molecule has 0 bridgehead atoms. The van der Waals surface area contributed by atoms with Crippen molar-refractivity contribution >= 4 is 30.0 Å². The van der Waals surface area contributed by atoms with Gasteiger partial charge < -0.3 is 14.2 Å². The van der Waals surface area contributed by atoms with E-state index in [1.54, 1.807) is 24.3 Å². The molecule has 8 nitrogen and oxygen atoms in total. The molecule has 1 aliphatic rings. The van der Waals surface area contributed by atoms with Gasteiger partial charge in [0.15, 0.2) is 6.61 Å². The monoisotopic (exact) mass is 333 g/mol. The van der Waals surface area contributed by atoms with Crippen molar-refractivity contribution in [2.45, 2.75) is 0 Å². The van der Waals surface area contributed by atoms with Gasteiger partial charge in [0, 0.05) is 6.08 Å². The van der Waals surface area contributed by atoms with E-state index < -0.39 is 30.5 Å². The zero-order valence-corrected chi connectivity index (χ0v) is 12.9. The Labute approximate surface area is 137 Å². The lowest BCUT2D eigenvalue weighted by Crippen LogP contribution is -2.35. The Morgan fingerprint density at radius 2 is 1.96 bits per heavy atom. The molecule has 1 aromatic carbocycles. The Bertz CT molecular complexity index is 678. The molecule has 0 unspecified atom stereocenters. The summed E-state index contributed by atoms with van der Waals surface area (Å²) in [5.74, 6) is -1.82. The van der Waals surface area contributed by atoms with Crippen LogP contribution in [0.1, 0.15) is 15.9 Å². The molecule has 1 fully saturated rings. The molecule has 24 heavy (non-hydrogen) atoms. The first-order valence-electron chi connectivity index (χ1n) is 7.01. The molecule has 1 saturated heterocycles. The highest BCUT2D eigenvalue weighted by atomic mass is 16.6. The number of cyclic esters (lactones) is 1. The summed E-state index contributed by atoms with van der Waals surface area (Å²) in [5, 5.41) is 0. The molecule has 1 heterocycles. The molecule has 0 radical (unpaired) electrons. The number of carbonyl (C=O) groups excluding carboxylic acids is 4. The van der Waals surface area contributed by atoms with Gasteiger partial charge >= 0.3 is 18.0 Å². The predicted molar refractivity (Wildman–Crippen MR) is 80.8 cm³/mol. The Hall–Kier alpha value is -3.16. The molecule has 0 atom stereocenters. The summed E-state index contributed by atoms with van der Waals surface area (Å²) in [6, 6.07) is 6.36. The van der Waals surface area contributed by atoms with Crippen molar-refractivity contribution in [3.63, 3.8) is 0 Å². The number of amides is 2. The number of benzene rings is 1. The lowest BCUT2D eigenvalue weighted by Gasteiger charge is -2.09. The average molecular weight is 333 g/mol. The molecule has 2 rings (SSSR count). The van der Waals surface area contributed by atoms with Gasteiger partial charge in [-0.25, -0.2) is 19.3 Å². The molecule has 0 aliphatic carbocycles. The van der Waals surface area contributed by atoms with Crippen LogP contribution in [0.2, 0.25) is 0 Å². The quantitative estimate of drug-likeness (QED) is 0.450. The van der Waals surface area contributed by atoms with Crippen molar-refractivity contribution in [1.29, 1.82) is 0 Å². The molecule has 2 amide bonds.